The number of benzene rings is 1. The summed E-state index contributed by atoms with van der Waals surface area (Å²) in [4.78, 5) is 40.6. The SMILES string of the molecule is C[C@H]1CO[C@@H](c2nc3c4c(nccn24)Nc2cc(C(=O)Nc4cc(C(F)(F)F)ccn4)ccc2-3)CN1[C@H]1CC[C@@](C)(C(=O)O)CC1. The molecule has 0 bridgehead atoms. The highest BCUT2D eigenvalue weighted by Gasteiger charge is 2.42. The van der Waals surface area contributed by atoms with Crippen LogP contribution in [0.5, 0.6) is 0 Å². The monoisotopic (exact) mass is 635 g/mol. The summed E-state index contributed by atoms with van der Waals surface area (Å²) in [6.45, 7) is 5.07. The molecule has 3 aromatic heterocycles. The van der Waals surface area contributed by atoms with E-state index in [1.54, 1.807) is 24.4 Å². The number of carboxylic acid groups (broad SMARTS) is 1. The predicted octanol–water partition coefficient (Wildman–Crippen LogP) is 5.91. The normalized spacial score (nSPS) is 24.7. The largest absolute Gasteiger partial charge is 0.481 e. The lowest BCUT2D eigenvalue weighted by atomic mass is 9.73. The number of hydrogen-bond acceptors (Lipinski definition) is 8. The van der Waals surface area contributed by atoms with Crippen molar-refractivity contribution in [2.24, 2.45) is 5.41 Å². The Balaban J connectivity index is 1.15. The summed E-state index contributed by atoms with van der Waals surface area (Å²) < 4.78 is 47.7. The molecule has 3 N–H and O–H groups in total. The maximum Gasteiger partial charge on any atom is 0.416 e. The standard InChI is InChI=1S/C32H32F3N7O4/c1-17-16-46-23(15-42(17)20-5-8-31(2,9-6-20)30(44)45)28-40-25-21-4-3-18(13-22(21)38-27-26(25)41(28)12-11-37-27)29(43)39-24-14-19(7-10-36-24)32(33,34)35/h3-4,7,10-14,17,20,23H,5-6,8-9,15-16H2,1-2H3,(H,37,38)(H,44,45)(H,36,39,43)/t17-,20-,23+,31+/m0/s1. The Morgan fingerprint density at radius 2 is 1.91 bits per heavy atom. The molecule has 1 saturated heterocycles. The second-order valence-corrected chi connectivity index (χ2v) is 12.5. The van der Waals surface area contributed by atoms with E-state index < -0.39 is 29.0 Å². The Bertz CT molecular complexity index is 1850. The van der Waals surface area contributed by atoms with Gasteiger partial charge in [0.25, 0.3) is 5.91 Å². The number of rotatable bonds is 5. The van der Waals surface area contributed by atoms with Gasteiger partial charge in [-0.15, -0.1) is 0 Å². The number of alkyl halides is 3. The highest BCUT2D eigenvalue weighted by atomic mass is 19.4. The van der Waals surface area contributed by atoms with E-state index >= 15 is 0 Å². The number of ether oxygens (including phenoxy) is 1. The van der Waals surface area contributed by atoms with Gasteiger partial charge in [0, 0.05) is 48.3 Å². The molecule has 5 heterocycles. The van der Waals surface area contributed by atoms with Crippen LogP contribution in [0.4, 0.5) is 30.5 Å². The molecule has 1 aromatic carbocycles. The first-order valence-electron chi connectivity index (χ1n) is 15.1. The third-order valence-electron chi connectivity index (χ3n) is 9.51. The van der Waals surface area contributed by atoms with Gasteiger partial charge in [-0.05, 0) is 69.9 Å². The van der Waals surface area contributed by atoms with Gasteiger partial charge in [0.05, 0.1) is 23.3 Å². The van der Waals surface area contributed by atoms with E-state index in [0.29, 0.717) is 49.0 Å². The summed E-state index contributed by atoms with van der Waals surface area (Å²) >= 11 is 0. The second kappa shape index (κ2) is 11.1. The molecule has 2 atom stereocenters. The molecule has 0 radical (unpaired) electrons. The van der Waals surface area contributed by atoms with Crippen molar-refractivity contribution in [1.29, 1.82) is 0 Å². The van der Waals surface area contributed by atoms with Crippen molar-refractivity contribution in [3.63, 3.8) is 0 Å². The number of nitrogens with one attached hydrogen (secondary N) is 2. The van der Waals surface area contributed by atoms with Gasteiger partial charge in [-0.1, -0.05) is 0 Å². The van der Waals surface area contributed by atoms with Crippen molar-refractivity contribution in [2.75, 3.05) is 23.8 Å². The first-order chi connectivity index (χ1) is 21.9. The van der Waals surface area contributed by atoms with Crippen LogP contribution in [0, 0.1) is 5.41 Å². The highest BCUT2D eigenvalue weighted by molar-refractivity contribution is 6.07. The zero-order valence-corrected chi connectivity index (χ0v) is 25.1. The molecule has 4 aromatic rings. The number of imidazole rings is 1. The van der Waals surface area contributed by atoms with Crippen LogP contribution in [0.15, 0.2) is 48.9 Å². The van der Waals surface area contributed by atoms with Gasteiger partial charge in [-0.2, -0.15) is 13.2 Å². The molecule has 46 heavy (non-hydrogen) atoms. The van der Waals surface area contributed by atoms with Crippen LogP contribution >= 0.6 is 0 Å². The number of morpholine rings is 1. The predicted molar refractivity (Wildman–Crippen MR) is 162 cm³/mol. The molecule has 0 spiro atoms. The Morgan fingerprint density at radius 3 is 2.65 bits per heavy atom. The number of carboxylic acids is 1. The molecule has 3 aliphatic rings. The van der Waals surface area contributed by atoms with Gasteiger partial charge >= 0.3 is 12.1 Å². The minimum absolute atomic E-state index is 0.173. The lowest BCUT2D eigenvalue weighted by Gasteiger charge is -2.46. The van der Waals surface area contributed by atoms with E-state index in [1.807, 2.05) is 17.5 Å². The first-order valence-corrected chi connectivity index (χ1v) is 15.1. The smallest absolute Gasteiger partial charge is 0.416 e. The van der Waals surface area contributed by atoms with Gasteiger partial charge < -0.3 is 20.5 Å². The van der Waals surface area contributed by atoms with Gasteiger partial charge in [0.2, 0.25) is 0 Å². The fourth-order valence-corrected chi connectivity index (χ4v) is 6.78. The maximum atomic E-state index is 13.1. The zero-order valence-electron chi connectivity index (χ0n) is 25.1. The quantitative estimate of drug-likeness (QED) is 0.215. The molecule has 1 aliphatic carbocycles. The summed E-state index contributed by atoms with van der Waals surface area (Å²) in [5.74, 6) is -0.307. The van der Waals surface area contributed by atoms with Crippen molar-refractivity contribution >= 4 is 34.7 Å². The molecular formula is C32H32F3N7O4. The first kappa shape index (κ1) is 30.1. The minimum Gasteiger partial charge on any atom is -0.481 e. The van der Waals surface area contributed by atoms with Crippen LogP contribution in [0.1, 0.15) is 67.4 Å². The molecular weight excluding hydrogens is 603 g/mol. The second-order valence-electron chi connectivity index (χ2n) is 12.5. The van der Waals surface area contributed by atoms with E-state index in [0.717, 1.165) is 42.3 Å². The molecule has 2 fully saturated rings. The Labute approximate surface area is 261 Å². The number of carbonyl (C=O) groups is 2. The Kier molecular flexibility index (Phi) is 7.24. The van der Waals surface area contributed by atoms with Gasteiger partial charge in [0.15, 0.2) is 5.82 Å². The minimum atomic E-state index is -4.56. The summed E-state index contributed by atoms with van der Waals surface area (Å²) in [6.07, 6.45) is 2.46. The molecule has 1 saturated carbocycles. The average molecular weight is 636 g/mol. The number of anilines is 3. The number of halogens is 3. The van der Waals surface area contributed by atoms with Crippen LogP contribution in [-0.4, -0.2) is 66.5 Å². The highest BCUT2D eigenvalue weighted by Crippen LogP contribution is 2.44. The van der Waals surface area contributed by atoms with E-state index in [2.05, 4.69) is 32.4 Å². The zero-order chi connectivity index (χ0) is 32.4. The van der Waals surface area contributed by atoms with Crippen molar-refractivity contribution in [2.45, 2.75) is 63.9 Å². The van der Waals surface area contributed by atoms with Crippen LogP contribution in [0.25, 0.3) is 16.8 Å². The number of aliphatic carboxylic acids is 1. The number of carbonyl (C=O) groups excluding carboxylic acids is 1. The number of nitrogens with zero attached hydrogens (tertiary/aromatic N) is 5. The molecule has 0 unspecified atom stereocenters. The number of pyridine rings is 1. The fraction of sp³-hybridized carbons (Fsp3) is 0.406. The molecule has 240 valence electrons. The van der Waals surface area contributed by atoms with Crippen LogP contribution in [0.2, 0.25) is 0 Å². The summed E-state index contributed by atoms with van der Waals surface area (Å²) in [5, 5.41) is 15.4. The van der Waals surface area contributed by atoms with E-state index in [1.165, 1.54) is 0 Å². The van der Waals surface area contributed by atoms with Gasteiger partial charge in [-0.25, -0.2) is 15.0 Å². The topological polar surface area (TPSA) is 134 Å². The summed E-state index contributed by atoms with van der Waals surface area (Å²) in [6, 6.07) is 6.99. The van der Waals surface area contributed by atoms with Crippen molar-refractivity contribution in [3.8, 4) is 11.3 Å². The van der Waals surface area contributed by atoms with E-state index in [9.17, 15) is 27.9 Å². The number of amides is 1. The number of hydrogen-bond donors (Lipinski definition) is 3. The summed E-state index contributed by atoms with van der Waals surface area (Å²) in [7, 11) is 0. The van der Waals surface area contributed by atoms with Crippen molar-refractivity contribution in [3.05, 3.63) is 65.9 Å². The van der Waals surface area contributed by atoms with Crippen LogP contribution in [-0.2, 0) is 15.7 Å². The maximum absolute atomic E-state index is 13.1. The lowest BCUT2D eigenvalue weighted by Crippen LogP contribution is -2.52. The van der Waals surface area contributed by atoms with Crippen LogP contribution < -0.4 is 10.6 Å². The van der Waals surface area contributed by atoms with Crippen LogP contribution in [0.3, 0.4) is 0 Å². The third-order valence-corrected chi connectivity index (χ3v) is 9.51. The Hall–Kier alpha value is -4.56. The number of fused-ring (bicyclic) bond motifs is 2. The molecule has 7 rings (SSSR count). The van der Waals surface area contributed by atoms with Crippen molar-refractivity contribution in [1.82, 2.24) is 24.3 Å². The average Bonchev–Trinajstić information content (AvgIpc) is 3.42. The summed E-state index contributed by atoms with van der Waals surface area (Å²) in [5.41, 5.74) is 1.36. The van der Waals surface area contributed by atoms with Gasteiger partial charge in [-0.3, -0.25) is 18.9 Å². The van der Waals surface area contributed by atoms with E-state index in [-0.39, 0.29) is 29.6 Å². The van der Waals surface area contributed by atoms with Crippen molar-refractivity contribution < 1.29 is 32.6 Å². The van der Waals surface area contributed by atoms with E-state index in [4.69, 9.17) is 9.72 Å². The molecule has 2 aliphatic heterocycles. The van der Waals surface area contributed by atoms with Gasteiger partial charge in [0.1, 0.15) is 29.0 Å². The number of aromatic nitrogens is 4. The lowest BCUT2D eigenvalue weighted by molar-refractivity contribution is -0.151. The fourth-order valence-electron chi connectivity index (χ4n) is 6.78. The Morgan fingerprint density at radius 1 is 1.13 bits per heavy atom. The third kappa shape index (κ3) is 5.24. The molecule has 14 heteroatoms. The molecule has 1 amide bonds. The molecule has 11 nitrogen and oxygen atoms in total.